The molecule has 0 saturated carbocycles. The molecule has 0 aliphatic carbocycles. The van der Waals surface area contributed by atoms with Gasteiger partial charge in [-0.15, -0.1) is 0 Å². The molecule has 5 heteroatoms. The SMILES string of the molecule is CCC(O)c1c(C)nc2c(Cl)cc(F)cn12. The predicted molar refractivity (Wildman–Crippen MR) is 60.1 cm³/mol. The van der Waals surface area contributed by atoms with E-state index in [4.69, 9.17) is 11.6 Å². The number of aliphatic hydroxyl groups excluding tert-OH is 1. The quantitative estimate of drug-likeness (QED) is 0.879. The summed E-state index contributed by atoms with van der Waals surface area (Å²) in [5, 5.41) is 10.1. The second-order valence-corrected chi connectivity index (χ2v) is 4.11. The van der Waals surface area contributed by atoms with E-state index in [1.807, 2.05) is 6.92 Å². The van der Waals surface area contributed by atoms with Gasteiger partial charge in [0.05, 0.1) is 22.5 Å². The highest BCUT2D eigenvalue weighted by molar-refractivity contribution is 6.33. The lowest BCUT2D eigenvalue weighted by molar-refractivity contribution is 0.167. The first-order chi connectivity index (χ1) is 7.54. The van der Waals surface area contributed by atoms with E-state index in [1.54, 1.807) is 6.92 Å². The third kappa shape index (κ3) is 1.68. The molecule has 0 fully saturated rings. The number of aliphatic hydroxyl groups is 1. The maximum Gasteiger partial charge on any atom is 0.156 e. The van der Waals surface area contributed by atoms with Gasteiger partial charge in [-0.2, -0.15) is 0 Å². The molecule has 0 aliphatic heterocycles. The van der Waals surface area contributed by atoms with Crippen molar-refractivity contribution in [2.45, 2.75) is 26.4 Å². The van der Waals surface area contributed by atoms with Crippen LogP contribution in [-0.2, 0) is 0 Å². The van der Waals surface area contributed by atoms with Gasteiger partial charge < -0.3 is 5.11 Å². The molecule has 0 radical (unpaired) electrons. The minimum atomic E-state index is -0.659. The lowest BCUT2D eigenvalue weighted by Crippen LogP contribution is -2.02. The number of aryl methyl sites for hydroxylation is 1. The van der Waals surface area contributed by atoms with Crippen molar-refractivity contribution in [3.8, 4) is 0 Å². The summed E-state index contributed by atoms with van der Waals surface area (Å²) < 4.78 is 14.8. The van der Waals surface area contributed by atoms with E-state index >= 15 is 0 Å². The Morgan fingerprint density at radius 1 is 1.62 bits per heavy atom. The minimum Gasteiger partial charge on any atom is -0.387 e. The Bertz CT molecular complexity index is 538. The topological polar surface area (TPSA) is 37.5 Å². The van der Waals surface area contributed by atoms with Crippen LogP contribution in [0.2, 0.25) is 5.02 Å². The first-order valence-electron chi connectivity index (χ1n) is 5.06. The van der Waals surface area contributed by atoms with Crippen molar-refractivity contribution in [1.82, 2.24) is 9.38 Å². The highest BCUT2D eigenvalue weighted by Gasteiger charge is 2.17. The molecule has 3 nitrogen and oxygen atoms in total. The molecule has 0 aromatic carbocycles. The fourth-order valence-electron chi connectivity index (χ4n) is 1.80. The first-order valence-corrected chi connectivity index (χ1v) is 5.44. The van der Waals surface area contributed by atoms with Crippen LogP contribution in [0, 0.1) is 12.7 Å². The standard InChI is InChI=1S/C11H12ClFN2O/c1-3-9(16)10-6(2)14-11-8(12)4-7(13)5-15(10)11/h4-5,9,16H,3H2,1-2H3. The lowest BCUT2D eigenvalue weighted by Gasteiger charge is -2.09. The van der Waals surface area contributed by atoms with Gasteiger partial charge in [-0.05, 0) is 19.4 Å². The van der Waals surface area contributed by atoms with Gasteiger partial charge in [0.25, 0.3) is 0 Å². The van der Waals surface area contributed by atoms with Gasteiger partial charge in [0.2, 0.25) is 0 Å². The van der Waals surface area contributed by atoms with Gasteiger partial charge >= 0.3 is 0 Å². The van der Waals surface area contributed by atoms with Crippen LogP contribution in [0.5, 0.6) is 0 Å². The summed E-state index contributed by atoms with van der Waals surface area (Å²) >= 11 is 5.89. The Kier molecular flexibility index (Phi) is 2.86. The van der Waals surface area contributed by atoms with Crippen molar-refractivity contribution >= 4 is 17.2 Å². The lowest BCUT2D eigenvalue weighted by atomic mass is 10.2. The first kappa shape index (κ1) is 11.4. The molecule has 86 valence electrons. The molecule has 1 N–H and O–H groups in total. The molecular weight excluding hydrogens is 231 g/mol. The molecule has 0 aliphatic rings. The monoisotopic (exact) mass is 242 g/mol. The number of pyridine rings is 1. The number of hydrogen-bond donors (Lipinski definition) is 1. The third-order valence-electron chi connectivity index (χ3n) is 2.57. The summed E-state index contributed by atoms with van der Waals surface area (Å²) in [6.07, 6.45) is 1.17. The van der Waals surface area contributed by atoms with Crippen molar-refractivity contribution in [1.29, 1.82) is 0 Å². The van der Waals surface area contributed by atoms with Crippen LogP contribution in [0.3, 0.4) is 0 Å². The second kappa shape index (κ2) is 4.03. The minimum absolute atomic E-state index is 0.248. The summed E-state index contributed by atoms with van der Waals surface area (Å²) in [5.41, 5.74) is 1.74. The number of imidazole rings is 1. The van der Waals surface area contributed by atoms with E-state index in [-0.39, 0.29) is 5.02 Å². The van der Waals surface area contributed by atoms with E-state index < -0.39 is 11.9 Å². The Hall–Kier alpha value is -1.13. The highest BCUT2D eigenvalue weighted by Crippen LogP contribution is 2.26. The normalized spacial score (nSPS) is 13.3. The number of fused-ring (bicyclic) bond motifs is 1. The molecule has 0 saturated heterocycles. The predicted octanol–water partition coefficient (Wildman–Crippen LogP) is 2.88. The van der Waals surface area contributed by atoms with E-state index in [2.05, 4.69) is 4.98 Å². The van der Waals surface area contributed by atoms with Gasteiger partial charge in [0.1, 0.15) is 5.82 Å². The smallest absolute Gasteiger partial charge is 0.156 e. The maximum absolute atomic E-state index is 13.2. The zero-order valence-corrected chi connectivity index (χ0v) is 9.79. The van der Waals surface area contributed by atoms with Gasteiger partial charge in [0.15, 0.2) is 5.65 Å². The van der Waals surface area contributed by atoms with Gasteiger partial charge in [-0.3, -0.25) is 4.40 Å². The fourth-order valence-corrected chi connectivity index (χ4v) is 2.04. The van der Waals surface area contributed by atoms with Crippen molar-refractivity contribution in [3.63, 3.8) is 0 Å². The van der Waals surface area contributed by atoms with Crippen molar-refractivity contribution in [2.75, 3.05) is 0 Å². The average Bonchev–Trinajstić information content (AvgIpc) is 2.54. The Balaban J connectivity index is 2.78. The summed E-state index contributed by atoms with van der Waals surface area (Å²) in [5.74, 6) is -0.445. The van der Waals surface area contributed by atoms with E-state index in [9.17, 15) is 9.50 Å². The second-order valence-electron chi connectivity index (χ2n) is 3.71. The molecule has 2 rings (SSSR count). The van der Waals surface area contributed by atoms with Crippen molar-refractivity contribution in [2.24, 2.45) is 0 Å². The van der Waals surface area contributed by atoms with Crippen LogP contribution in [0.4, 0.5) is 4.39 Å². The van der Waals surface area contributed by atoms with Crippen molar-refractivity contribution < 1.29 is 9.50 Å². The number of halogens is 2. The average molecular weight is 243 g/mol. The molecule has 2 aromatic rings. The van der Waals surface area contributed by atoms with Crippen LogP contribution in [0.1, 0.15) is 30.8 Å². The number of nitrogens with zero attached hydrogens (tertiary/aromatic N) is 2. The van der Waals surface area contributed by atoms with Crippen LogP contribution < -0.4 is 0 Å². The maximum atomic E-state index is 13.2. The Morgan fingerprint density at radius 3 is 2.94 bits per heavy atom. The summed E-state index contributed by atoms with van der Waals surface area (Å²) in [6, 6.07) is 1.21. The van der Waals surface area contributed by atoms with E-state index in [0.717, 1.165) is 0 Å². The highest BCUT2D eigenvalue weighted by atomic mass is 35.5. The molecule has 2 heterocycles. The largest absolute Gasteiger partial charge is 0.387 e. The van der Waals surface area contributed by atoms with Crippen LogP contribution >= 0.6 is 11.6 Å². The van der Waals surface area contributed by atoms with Crippen molar-refractivity contribution in [3.05, 3.63) is 34.5 Å². The van der Waals surface area contributed by atoms with Gasteiger partial charge in [0, 0.05) is 6.20 Å². The molecule has 2 aromatic heterocycles. The number of aromatic nitrogens is 2. The summed E-state index contributed by atoms with van der Waals surface area (Å²) in [7, 11) is 0. The fraction of sp³-hybridized carbons (Fsp3) is 0.364. The number of rotatable bonds is 2. The molecule has 0 bridgehead atoms. The molecule has 0 spiro atoms. The Labute approximate surface area is 97.5 Å². The molecule has 0 amide bonds. The zero-order valence-electron chi connectivity index (χ0n) is 9.04. The van der Waals surface area contributed by atoms with E-state index in [1.165, 1.54) is 16.7 Å². The zero-order chi connectivity index (χ0) is 11.9. The molecule has 1 atom stereocenters. The molecular formula is C11H12ClFN2O. The number of hydrogen-bond acceptors (Lipinski definition) is 2. The molecule has 16 heavy (non-hydrogen) atoms. The van der Waals surface area contributed by atoms with Crippen LogP contribution in [0.15, 0.2) is 12.3 Å². The van der Waals surface area contributed by atoms with Gasteiger partial charge in [-0.25, -0.2) is 9.37 Å². The van der Waals surface area contributed by atoms with Crippen LogP contribution in [0.25, 0.3) is 5.65 Å². The third-order valence-corrected chi connectivity index (χ3v) is 2.84. The summed E-state index contributed by atoms with van der Waals surface area (Å²) in [6.45, 7) is 3.62. The van der Waals surface area contributed by atoms with E-state index in [0.29, 0.717) is 23.5 Å². The summed E-state index contributed by atoms with van der Waals surface area (Å²) in [4.78, 5) is 4.23. The Morgan fingerprint density at radius 2 is 2.31 bits per heavy atom. The van der Waals surface area contributed by atoms with Crippen LogP contribution in [-0.4, -0.2) is 14.5 Å². The van der Waals surface area contributed by atoms with Gasteiger partial charge in [-0.1, -0.05) is 18.5 Å². The molecule has 1 unspecified atom stereocenters.